The van der Waals surface area contributed by atoms with E-state index in [-0.39, 0.29) is 15.9 Å². The molecule has 0 saturated heterocycles. The van der Waals surface area contributed by atoms with Gasteiger partial charge in [-0.15, -0.1) is 0 Å². The topological polar surface area (TPSA) is 95.0 Å². The second kappa shape index (κ2) is 7.22. The van der Waals surface area contributed by atoms with Gasteiger partial charge in [-0.1, -0.05) is 42.1 Å². The maximum Gasteiger partial charge on any atom is 0.238 e. The molecule has 1 aromatic heterocycles. The molecule has 26 heavy (non-hydrogen) atoms. The van der Waals surface area contributed by atoms with Gasteiger partial charge in [0.05, 0.1) is 21.2 Å². The molecule has 6 nitrogen and oxygen atoms in total. The summed E-state index contributed by atoms with van der Waals surface area (Å²) in [5, 5.41) is 5.55. The Balaban J connectivity index is 1.95. The zero-order chi connectivity index (χ0) is 18.9. The van der Waals surface area contributed by atoms with Crippen LogP contribution in [0.4, 0.5) is 0 Å². The third-order valence-electron chi connectivity index (χ3n) is 4.04. The summed E-state index contributed by atoms with van der Waals surface area (Å²) in [6.07, 6.45) is 0. The second-order valence-electron chi connectivity index (χ2n) is 5.82. The number of benzene rings is 2. The number of hydrogen-bond acceptors (Lipinski definition) is 5. The highest BCUT2D eigenvalue weighted by Crippen LogP contribution is 2.29. The molecule has 1 atom stereocenters. The van der Waals surface area contributed by atoms with Crippen LogP contribution >= 0.6 is 11.8 Å². The van der Waals surface area contributed by atoms with Crippen LogP contribution in [0.2, 0.25) is 0 Å². The van der Waals surface area contributed by atoms with Crippen LogP contribution in [-0.2, 0) is 16.6 Å². The monoisotopic (exact) mass is 389 g/mol. The Labute approximate surface area is 156 Å². The van der Waals surface area contributed by atoms with Crippen molar-refractivity contribution in [1.82, 2.24) is 9.55 Å². The Kier molecular flexibility index (Phi) is 5.17. The summed E-state index contributed by atoms with van der Waals surface area (Å²) in [6.45, 7) is 4.47. The van der Waals surface area contributed by atoms with E-state index in [0.717, 1.165) is 5.52 Å². The molecular weight excluding hydrogens is 370 g/mol. The molecule has 3 rings (SSSR count). The molecule has 0 aliphatic heterocycles. The average Bonchev–Trinajstić information content (AvgIpc) is 2.97. The lowest BCUT2D eigenvalue weighted by atomic mass is 10.1. The smallest absolute Gasteiger partial charge is 0.238 e. The van der Waals surface area contributed by atoms with Crippen molar-refractivity contribution >= 4 is 38.6 Å². The number of hydrogen-bond donors (Lipinski definition) is 1. The van der Waals surface area contributed by atoms with Crippen molar-refractivity contribution in [1.29, 1.82) is 0 Å². The average molecular weight is 390 g/mol. The van der Waals surface area contributed by atoms with Gasteiger partial charge in [-0.05, 0) is 32.0 Å². The molecule has 0 saturated carbocycles. The second-order valence-corrected chi connectivity index (χ2v) is 8.69. The number of thioether (sulfide) groups is 1. The summed E-state index contributed by atoms with van der Waals surface area (Å²) in [4.78, 5) is 17.1. The van der Waals surface area contributed by atoms with Crippen molar-refractivity contribution in [2.75, 3.05) is 0 Å². The van der Waals surface area contributed by atoms with Crippen LogP contribution in [0.3, 0.4) is 0 Å². The Morgan fingerprint density at radius 2 is 1.92 bits per heavy atom. The molecule has 0 radical (unpaired) electrons. The van der Waals surface area contributed by atoms with E-state index in [1.54, 1.807) is 18.2 Å². The fourth-order valence-electron chi connectivity index (χ4n) is 2.71. The van der Waals surface area contributed by atoms with E-state index in [1.165, 1.54) is 23.9 Å². The number of imidazole rings is 1. The summed E-state index contributed by atoms with van der Waals surface area (Å²) in [5.41, 5.74) is 2.00. The van der Waals surface area contributed by atoms with Gasteiger partial charge in [-0.3, -0.25) is 4.79 Å². The predicted molar refractivity (Wildman–Crippen MR) is 103 cm³/mol. The summed E-state index contributed by atoms with van der Waals surface area (Å²) in [5.74, 6) is 0.0236. The third kappa shape index (κ3) is 3.67. The van der Waals surface area contributed by atoms with E-state index in [4.69, 9.17) is 5.14 Å². The first-order valence-electron chi connectivity index (χ1n) is 8.10. The number of Topliss-reactive ketones (excluding diaryl/α,β-unsaturated/α-hetero) is 1. The fourth-order valence-corrected chi connectivity index (χ4v) is 4.31. The summed E-state index contributed by atoms with van der Waals surface area (Å²) < 4.78 is 25.1. The van der Waals surface area contributed by atoms with E-state index >= 15 is 0 Å². The minimum atomic E-state index is -3.79. The quantitative estimate of drug-likeness (QED) is 0.516. The molecule has 0 aliphatic rings. The molecule has 8 heteroatoms. The van der Waals surface area contributed by atoms with E-state index in [9.17, 15) is 13.2 Å². The number of primary sulfonamides is 1. The number of carbonyl (C=O) groups excluding carboxylic acids is 1. The van der Waals surface area contributed by atoms with Gasteiger partial charge in [-0.2, -0.15) is 0 Å². The Morgan fingerprint density at radius 1 is 1.23 bits per heavy atom. The lowest BCUT2D eigenvalue weighted by Gasteiger charge is -2.11. The van der Waals surface area contributed by atoms with E-state index in [1.807, 2.05) is 36.6 Å². The maximum atomic E-state index is 12.6. The molecule has 2 aromatic carbocycles. The van der Waals surface area contributed by atoms with Crippen LogP contribution in [0.1, 0.15) is 24.2 Å². The zero-order valence-corrected chi connectivity index (χ0v) is 16.0. The number of sulfonamides is 1. The highest BCUT2D eigenvalue weighted by molar-refractivity contribution is 8.00. The molecule has 0 amide bonds. The number of ketones is 1. The molecule has 0 spiro atoms. The number of aryl methyl sites for hydroxylation is 1. The SMILES string of the molecule is CCn1c(SC(C)C(=O)c2ccccc2)nc2cc(S(N)(=O)=O)ccc21. The number of carbonyl (C=O) groups is 1. The molecule has 1 unspecified atom stereocenters. The highest BCUT2D eigenvalue weighted by atomic mass is 32.2. The van der Waals surface area contributed by atoms with Gasteiger partial charge in [0.1, 0.15) is 0 Å². The standard InChI is InChI=1S/C18H19N3O3S2/c1-3-21-16-10-9-14(26(19,23)24)11-15(16)20-18(21)25-12(2)17(22)13-7-5-4-6-8-13/h4-12H,3H2,1-2H3,(H2,19,23,24). The van der Waals surface area contributed by atoms with Crippen molar-refractivity contribution in [2.24, 2.45) is 5.14 Å². The van der Waals surface area contributed by atoms with Crippen LogP contribution in [0, 0.1) is 0 Å². The first-order chi connectivity index (χ1) is 12.3. The summed E-state index contributed by atoms with van der Waals surface area (Å²) in [6, 6.07) is 13.7. The number of aromatic nitrogens is 2. The maximum absolute atomic E-state index is 12.6. The van der Waals surface area contributed by atoms with E-state index < -0.39 is 10.0 Å². The van der Waals surface area contributed by atoms with Crippen molar-refractivity contribution in [3.63, 3.8) is 0 Å². The van der Waals surface area contributed by atoms with Gasteiger partial charge >= 0.3 is 0 Å². The van der Waals surface area contributed by atoms with Crippen molar-refractivity contribution in [3.05, 3.63) is 54.1 Å². The predicted octanol–water partition coefficient (Wildman–Crippen LogP) is 3.07. The lowest BCUT2D eigenvalue weighted by Crippen LogP contribution is -2.14. The van der Waals surface area contributed by atoms with Crippen LogP contribution in [0.15, 0.2) is 58.6 Å². The van der Waals surface area contributed by atoms with Gasteiger partial charge < -0.3 is 4.57 Å². The molecule has 0 bridgehead atoms. The number of rotatable bonds is 6. The lowest BCUT2D eigenvalue weighted by molar-refractivity contribution is 0.0994. The zero-order valence-electron chi connectivity index (χ0n) is 14.4. The van der Waals surface area contributed by atoms with Crippen molar-refractivity contribution < 1.29 is 13.2 Å². The van der Waals surface area contributed by atoms with Gasteiger partial charge in [0, 0.05) is 12.1 Å². The molecule has 1 heterocycles. The Morgan fingerprint density at radius 3 is 2.54 bits per heavy atom. The number of nitrogens with two attached hydrogens (primary N) is 1. The first kappa shape index (κ1) is 18.6. The van der Waals surface area contributed by atoms with Crippen LogP contribution in [-0.4, -0.2) is 29.0 Å². The van der Waals surface area contributed by atoms with Crippen LogP contribution < -0.4 is 5.14 Å². The third-order valence-corrected chi connectivity index (χ3v) is 6.04. The Bertz CT molecular complexity index is 1060. The van der Waals surface area contributed by atoms with Gasteiger partial charge in [0.2, 0.25) is 10.0 Å². The molecule has 2 N–H and O–H groups in total. The van der Waals surface area contributed by atoms with Crippen LogP contribution in [0.5, 0.6) is 0 Å². The largest absolute Gasteiger partial charge is 0.319 e. The summed E-state index contributed by atoms with van der Waals surface area (Å²) >= 11 is 1.36. The van der Waals surface area contributed by atoms with Gasteiger partial charge in [-0.25, -0.2) is 18.5 Å². The summed E-state index contributed by atoms with van der Waals surface area (Å²) in [7, 11) is -3.79. The Hall–Kier alpha value is -2.16. The number of nitrogens with zero attached hydrogens (tertiary/aromatic N) is 2. The molecule has 0 aliphatic carbocycles. The molecule has 0 fully saturated rings. The highest BCUT2D eigenvalue weighted by Gasteiger charge is 2.21. The minimum absolute atomic E-state index is 0.0236. The van der Waals surface area contributed by atoms with Gasteiger partial charge in [0.15, 0.2) is 10.9 Å². The molecule has 3 aromatic rings. The first-order valence-corrected chi connectivity index (χ1v) is 10.5. The van der Waals surface area contributed by atoms with E-state index in [2.05, 4.69) is 4.98 Å². The van der Waals surface area contributed by atoms with Gasteiger partial charge in [0.25, 0.3) is 0 Å². The van der Waals surface area contributed by atoms with Crippen molar-refractivity contribution in [2.45, 2.75) is 35.7 Å². The van der Waals surface area contributed by atoms with Crippen molar-refractivity contribution in [3.8, 4) is 0 Å². The molecule has 136 valence electrons. The normalized spacial score (nSPS) is 13.0. The van der Waals surface area contributed by atoms with Crippen LogP contribution in [0.25, 0.3) is 11.0 Å². The van der Waals surface area contributed by atoms with E-state index in [0.29, 0.717) is 22.8 Å². The number of fused-ring (bicyclic) bond motifs is 1. The minimum Gasteiger partial charge on any atom is -0.319 e. The fraction of sp³-hybridized carbons (Fsp3) is 0.222. The molecular formula is C18H19N3O3S2.